The number of aromatic amines is 1. The predicted octanol–water partition coefficient (Wildman–Crippen LogP) is 3.67. The van der Waals surface area contributed by atoms with E-state index in [9.17, 15) is 14.4 Å². The molecule has 0 bridgehead atoms. The number of imidazole rings is 1. The summed E-state index contributed by atoms with van der Waals surface area (Å²) in [4.78, 5) is 54.0. The second kappa shape index (κ2) is 15.2. The third-order valence-corrected chi connectivity index (χ3v) is 7.34. The summed E-state index contributed by atoms with van der Waals surface area (Å²) in [7, 11) is 1.46. The van der Waals surface area contributed by atoms with E-state index in [1.165, 1.54) is 18.1 Å². The van der Waals surface area contributed by atoms with Gasteiger partial charge in [-0.2, -0.15) is 0 Å². The molecule has 0 aliphatic carbocycles. The van der Waals surface area contributed by atoms with E-state index < -0.39 is 12.1 Å². The second-order valence-electron chi connectivity index (χ2n) is 10.2. The molecule has 0 fully saturated rings. The van der Waals surface area contributed by atoms with E-state index in [0.717, 1.165) is 11.3 Å². The minimum atomic E-state index is -0.868. The molecule has 17 heteroatoms. The van der Waals surface area contributed by atoms with Gasteiger partial charge in [-0.1, -0.05) is 23.2 Å². The van der Waals surface area contributed by atoms with Gasteiger partial charge in [-0.15, -0.1) is 5.10 Å². The van der Waals surface area contributed by atoms with Crippen LogP contribution in [0.3, 0.4) is 0 Å². The highest BCUT2D eigenvalue weighted by Gasteiger charge is 2.24. The van der Waals surface area contributed by atoms with Crippen molar-refractivity contribution in [2.45, 2.75) is 38.8 Å². The Bertz CT molecular complexity index is 1850. The summed E-state index contributed by atoms with van der Waals surface area (Å²) in [6.45, 7) is 1.97. The lowest BCUT2D eigenvalue weighted by Gasteiger charge is -2.17. The molecule has 3 amide bonds. The average molecular weight is 679 g/mol. The van der Waals surface area contributed by atoms with Crippen LogP contribution < -0.4 is 20.7 Å². The molecule has 0 aliphatic rings. The number of carbonyl (C=O) groups is 3. The second-order valence-corrected chi connectivity index (χ2v) is 11.0. The van der Waals surface area contributed by atoms with Crippen molar-refractivity contribution in [1.82, 2.24) is 56.1 Å². The smallest absolute Gasteiger partial charge is 0.410 e. The van der Waals surface area contributed by atoms with E-state index in [0.29, 0.717) is 39.8 Å². The first kappa shape index (κ1) is 33.0. The van der Waals surface area contributed by atoms with E-state index in [4.69, 9.17) is 27.9 Å². The van der Waals surface area contributed by atoms with Gasteiger partial charge in [0.25, 0.3) is 0 Å². The number of nitrogens with zero attached hydrogens (tertiary/aromatic N) is 7. The van der Waals surface area contributed by atoms with Gasteiger partial charge in [-0.25, -0.2) is 14.5 Å². The molecule has 0 saturated heterocycles. The lowest BCUT2D eigenvalue weighted by Crippen LogP contribution is -2.34. The van der Waals surface area contributed by atoms with E-state index in [2.05, 4.69) is 51.4 Å². The number of amides is 3. The van der Waals surface area contributed by atoms with Gasteiger partial charge >= 0.3 is 6.09 Å². The molecule has 5 rings (SSSR count). The van der Waals surface area contributed by atoms with Crippen LogP contribution in [0.5, 0.6) is 5.75 Å². The van der Waals surface area contributed by atoms with Crippen molar-refractivity contribution < 1.29 is 19.1 Å². The van der Waals surface area contributed by atoms with Crippen LogP contribution in [-0.2, 0) is 22.6 Å². The van der Waals surface area contributed by atoms with Gasteiger partial charge < -0.3 is 25.7 Å². The Morgan fingerprint density at radius 2 is 1.85 bits per heavy atom. The topological polar surface area (TPSA) is 195 Å². The molecular formula is C30H29Cl2N11O4. The number of nitrogens with one attached hydrogen (secondary N) is 4. The minimum Gasteiger partial charge on any atom is -0.410 e. The molecule has 0 saturated carbocycles. The Morgan fingerprint density at radius 3 is 2.55 bits per heavy atom. The molecule has 0 spiro atoms. The molecule has 3 aromatic heterocycles. The number of hydrogen-bond donors (Lipinski definition) is 4. The van der Waals surface area contributed by atoms with Crippen LogP contribution in [0.2, 0.25) is 10.2 Å². The monoisotopic (exact) mass is 677 g/mol. The number of aryl methyl sites for hydroxylation is 2. The highest BCUT2D eigenvalue weighted by Crippen LogP contribution is 2.30. The van der Waals surface area contributed by atoms with E-state index in [1.54, 1.807) is 54.9 Å². The van der Waals surface area contributed by atoms with Crippen LogP contribution >= 0.6 is 23.2 Å². The van der Waals surface area contributed by atoms with Gasteiger partial charge in [0.15, 0.2) is 0 Å². The Morgan fingerprint density at radius 1 is 1.04 bits per heavy atom. The summed E-state index contributed by atoms with van der Waals surface area (Å²) < 4.78 is 6.62. The fourth-order valence-electron chi connectivity index (χ4n) is 4.50. The molecule has 5 aromatic rings. The zero-order chi connectivity index (χ0) is 33.3. The SMILES string of the molecule is CNC(=O)Oc1ccc(-c2nc(C(CC(=O)NCc3cnc(C)cn3)NC(=O)CCc3cc(Cl)ccc3-n3cnnn3)[nH]c2Cl)cc1. The summed E-state index contributed by atoms with van der Waals surface area (Å²) in [6.07, 6.45) is 4.24. The predicted molar refractivity (Wildman–Crippen MR) is 171 cm³/mol. The van der Waals surface area contributed by atoms with Crippen LogP contribution in [0, 0.1) is 6.92 Å². The maximum atomic E-state index is 13.3. The van der Waals surface area contributed by atoms with Gasteiger partial charge in [-0.3, -0.25) is 19.6 Å². The lowest BCUT2D eigenvalue weighted by molar-refractivity contribution is -0.123. The number of halogens is 2. The Balaban J connectivity index is 1.33. The fraction of sp³-hybridized carbons (Fsp3) is 0.233. The first-order valence-electron chi connectivity index (χ1n) is 14.3. The molecule has 4 N–H and O–H groups in total. The number of benzene rings is 2. The number of hydrogen-bond acceptors (Lipinski definition) is 10. The zero-order valence-electron chi connectivity index (χ0n) is 25.2. The van der Waals surface area contributed by atoms with E-state index in [1.807, 2.05) is 6.92 Å². The number of rotatable bonds is 12. The Kier molecular flexibility index (Phi) is 10.7. The largest absolute Gasteiger partial charge is 0.412 e. The van der Waals surface area contributed by atoms with Crippen molar-refractivity contribution in [2.24, 2.45) is 0 Å². The van der Waals surface area contributed by atoms with Crippen LogP contribution in [0.1, 0.15) is 41.7 Å². The normalized spacial score (nSPS) is 11.5. The van der Waals surface area contributed by atoms with Crippen molar-refractivity contribution in [3.63, 3.8) is 0 Å². The van der Waals surface area contributed by atoms with Gasteiger partial charge in [0.05, 0.1) is 42.3 Å². The van der Waals surface area contributed by atoms with Crippen LogP contribution in [0.4, 0.5) is 4.79 Å². The highest BCUT2D eigenvalue weighted by atomic mass is 35.5. The maximum Gasteiger partial charge on any atom is 0.412 e. The average Bonchev–Trinajstić information content (AvgIpc) is 3.74. The molecule has 0 radical (unpaired) electrons. The quantitative estimate of drug-likeness (QED) is 0.151. The summed E-state index contributed by atoms with van der Waals surface area (Å²) in [5.41, 5.74) is 3.76. The molecule has 0 aliphatic heterocycles. The number of tetrazole rings is 1. The van der Waals surface area contributed by atoms with Crippen LogP contribution in [0.25, 0.3) is 16.9 Å². The molecule has 1 unspecified atom stereocenters. The van der Waals surface area contributed by atoms with Crippen molar-refractivity contribution in [3.8, 4) is 22.7 Å². The Hall–Kier alpha value is -5.41. The molecule has 2 aromatic carbocycles. The first-order chi connectivity index (χ1) is 22.7. The van der Waals surface area contributed by atoms with E-state index >= 15 is 0 Å². The summed E-state index contributed by atoms with van der Waals surface area (Å²) in [6, 6.07) is 10.9. The first-order valence-corrected chi connectivity index (χ1v) is 15.0. The third-order valence-electron chi connectivity index (χ3n) is 6.84. The Labute approximate surface area is 278 Å². The molecule has 242 valence electrons. The number of H-pyrrole nitrogens is 1. The lowest BCUT2D eigenvalue weighted by atomic mass is 10.1. The summed E-state index contributed by atoms with van der Waals surface area (Å²) in [5.74, 6) is -0.118. The zero-order valence-corrected chi connectivity index (χ0v) is 26.7. The van der Waals surface area contributed by atoms with Crippen molar-refractivity contribution in [1.29, 1.82) is 0 Å². The maximum absolute atomic E-state index is 13.3. The van der Waals surface area contributed by atoms with Gasteiger partial charge in [0.1, 0.15) is 28.7 Å². The highest BCUT2D eigenvalue weighted by molar-refractivity contribution is 6.32. The third kappa shape index (κ3) is 8.86. The molecule has 3 heterocycles. The van der Waals surface area contributed by atoms with Crippen molar-refractivity contribution >= 4 is 41.1 Å². The van der Waals surface area contributed by atoms with Gasteiger partial charge in [0.2, 0.25) is 11.8 Å². The molecular weight excluding hydrogens is 649 g/mol. The molecule has 1 atom stereocenters. The molecule has 47 heavy (non-hydrogen) atoms. The van der Waals surface area contributed by atoms with Crippen molar-refractivity contribution in [2.75, 3.05) is 7.05 Å². The van der Waals surface area contributed by atoms with Gasteiger partial charge in [0, 0.05) is 30.3 Å². The number of aromatic nitrogens is 8. The van der Waals surface area contributed by atoms with E-state index in [-0.39, 0.29) is 42.2 Å². The minimum absolute atomic E-state index is 0.0562. The standard InChI is InChI=1S/C30H29Cl2N11O4/c1-17-13-35-21(14-34-17)15-36-26(45)12-23(29-39-27(28(32)40-29)18-3-7-22(8-4-18)47-30(46)33-2)38-25(44)10-5-19-11-20(31)6-9-24(19)43-16-37-41-42-43/h3-4,6-9,11,13-14,16,23H,5,10,12,15H2,1-2H3,(H,33,46)(H,36,45)(H,38,44)(H,39,40). The summed E-state index contributed by atoms with van der Waals surface area (Å²) in [5, 5.41) is 20.1. The summed E-state index contributed by atoms with van der Waals surface area (Å²) >= 11 is 12.8. The number of ether oxygens (including phenoxy) is 1. The number of carbonyl (C=O) groups excluding carboxylic acids is 3. The van der Waals surface area contributed by atoms with Gasteiger partial charge in [-0.05, 0) is 71.8 Å². The van der Waals surface area contributed by atoms with Crippen molar-refractivity contribution in [3.05, 3.63) is 94.1 Å². The fourth-order valence-corrected chi connectivity index (χ4v) is 4.94. The van der Waals surface area contributed by atoms with Crippen LogP contribution in [0.15, 0.2) is 61.2 Å². The van der Waals surface area contributed by atoms with Crippen LogP contribution in [-0.4, -0.2) is 65.1 Å². The molecule has 15 nitrogen and oxygen atoms in total.